The van der Waals surface area contributed by atoms with Crippen LogP contribution in [0.1, 0.15) is 30.3 Å². The fourth-order valence-corrected chi connectivity index (χ4v) is 3.20. The van der Waals surface area contributed by atoms with Crippen LogP contribution in [-0.2, 0) is 0 Å². The molecule has 7 nitrogen and oxygen atoms in total. The van der Waals surface area contributed by atoms with Gasteiger partial charge in [0.25, 0.3) is 0 Å². The molecule has 27 heavy (non-hydrogen) atoms. The van der Waals surface area contributed by atoms with Gasteiger partial charge in [0.05, 0.1) is 11.6 Å². The minimum atomic E-state index is -0.255. The molecule has 2 heterocycles. The Labute approximate surface area is 156 Å². The van der Waals surface area contributed by atoms with Gasteiger partial charge in [0.2, 0.25) is 11.7 Å². The lowest BCUT2D eigenvalue weighted by Crippen LogP contribution is -2.34. The summed E-state index contributed by atoms with van der Waals surface area (Å²) in [5.41, 5.74) is 1.95. The molecule has 1 N–H and O–H groups in total. The SMILES string of the molecule is N#Cc1cccc(NC(=O)N2CCC[C@@H]2c2nc(-c3ccccc3)no2)c1. The molecular weight excluding hydrogens is 342 g/mol. The van der Waals surface area contributed by atoms with Crippen molar-refractivity contribution in [3.05, 3.63) is 66.1 Å². The van der Waals surface area contributed by atoms with Crippen molar-refractivity contribution in [2.45, 2.75) is 18.9 Å². The summed E-state index contributed by atoms with van der Waals surface area (Å²) in [6.45, 7) is 0.609. The van der Waals surface area contributed by atoms with Gasteiger partial charge in [0.1, 0.15) is 6.04 Å². The number of rotatable bonds is 3. The van der Waals surface area contributed by atoms with Gasteiger partial charge in [-0.05, 0) is 31.0 Å². The lowest BCUT2D eigenvalue weighted by molar-refractivity contribution is 0.193. The Hall–Kier alpha value is -3.66. The van der Waals surface area contributed by atoms with E-state index in [1.54, 1.807) is 29.2 Å². The van der Waals surface area contributed by atoms with E-state index >= 15 is 0 Å². The second kappa shape index (κ2) is 7.30. The first-order valence-electron chi connectivity index (χ1n) is 8.71. The minimum absolute atomic E-state index is 0.243. The molecule has 2 amide bonds. The summed E-state index contributed by atoms with van der Waals surface area (Å²) in [4.78, 5) is 18.9. The number of benzene rings is 2. The fourth-order valence-electron chi connectivity index (χ4n) is 3.20. The second-order valence-corrected chi connectivity index (χ2v) is 6.30. The smallest absolute Gasteiger partial charge is 0.322 e. The minimum Gasteiger partial charge on any atom is -0.337 e. The van der Waals surface area contributed by atoms with Gasteiger partial charge >= 0.3 is 6.03 Å². The van der Waals surface area contributed by atoms with Crippen LogP contribution >= 0.6 is 0 Å². The van der Waals surface area contributed by atoms with E-state index in [1.807, 2.05) is 30.3 Å². The number of urea groups is 1. The van der Waals surface area contributed by atoms with Crippen molar-refractivity contribution in [3.63, 3.8) is 0 Å². The Balaban J connectivity index is 1.51. The number of carbonyl (C=O) groups excluding carboxylic acids is 1. The Morgan fingerprint density at radius 3 is 2.89 bits per heavy atom. The molecule has 1 aliphatic rings. The Bertz CT molecular complexity index is 993. The zero-order chi connectivity index (χ0) is 18.6. The zero-order valence-corrected chi connectivity index (χ0v) is 14.5. The van der Waals surface area contributed by atoms with Crippen LogP contribution in [0.2, 0.25) is 0 Å². The van der Waals surface area contributed by atoms with E-state index in [4.69, 9.17) is 9.78 Å². The number of hydrogen-bond acceptors (Lipinski definition) is 5. The molecule has 0 spiro atoms. The third kappa shape index (κ3) is 3.51. The molecule has 1 aliphatic heterocycles. The summed E-state index contributed by atoms with van der Waals surface area (Å²) in [6.07, 6.45) is 1.63. The predicted octanol–water partition coefficient (Wildman–Crippen LogP) is 3.98. The molecule has 0 saturated carbocycles. The number of aromatic nitrogens is 2. The third-order valence-electron chi connectivity index (χ3n) is 4.52. The highest BCUT2D eigenvalue weighted by Gasteiger charge is 2.34. The van der Waals surface area contributed by atoms with Crippen molar-refractivity contribution in [1.82, 2.24) is 15.0 Å². The van der Waals surface area contributed by atoms with Gasteiger partial charge in [-0.25, -0.2) is 4.79 Å². The van der Waals surface area contributed by atoms with E-state index < -0.39 is 0 Å². The van der Waals surface area contributed by atoms with Crippen LogP contribution in [0, 0.1) is 11.3 Å². The van der Waals surface area contributed by atoms with Crippen LogP contribution in [-0.4, -0.2) is 27.6 Å². The third-order valence-corrected chi connectivity index (χ3v) is 4.52. The number of carbonyl (C=O) groups is 1. The van der Waals surface area contributed by atoms with Crippen molar-refractivity contribution in [3.8, 4) is 17.5 Å². The number of nitriles is 1. The van der Waals surface area contributed by atoms with E-state index in [2.05, 4.69) is 21.5 Å². The fraction of sp³-hybridized carbons (Fsp3) is 0.200. The van der Waals surface area contributed by atoms with E-state index in [-0.39, 0.29) is 12.1 Å². The van der Waals surface area contributed by atoms with Crippen LogP contribution in [0.15, 0.2) is 59.1 Å². The zero-order valence-electron chi connectivity index (χ0n) is 14.5. The average Bonchev–Trinajstić information content (AvgIpc) is 3.38. The highest BCUT2D eigenvalue weighted by atomic mass is 16.5. The van der Waals surface area contributed by atoms with Crippen molar-refractivity contribution < 1.29 is 9.32 Å². The van der Waals surface area contributed by atoms with Gasteiger partial charge in [-0.15, -0.1) is 0 Å². The average molecular weight is 359 g/mol. The first-order valence-corrected chi connectivity index (χ1v) is 8.71. The molecule has 1 atom stereocenters. The molecule has 7 heteroatoms. The molecule has 0 unspecified atom stereocenters. The van der Waals surface area contributed by atoms with Gasteiger partial charge in [-0.1, -0.05) is 41.6 Å². The summed E-state index contributed by atoms with van der Waals surface area (Å²) in [5.74, 6) is 0.951. The first kappa shape index (κ1) is 16.8. The van der Waals surface area contributed by atoms with Crippen molar-refractivity contribution in [1.29, 1.82) is 5.26 Å². The first-order chi connectivity index (χ1) is 13.2. The molecule has 134 valence electrons. The largest absolute Gasteiger partial charge is 0.337 e. The maximum absolute atomic E-state index is 12.7. The van der Waals surface area contributed by atoms with E-state index in [1.165, 1.54) is 0 Å². The Morgan fingerprint density at radius 2 is 2.07 bits per heavy atom. The molecule has 2 aromatic carbocycles. The van der Waals surface area contributed by atoms with Crippen molar-refractivity contribution in [2.24, 2.45) is 0 Å². The summed E-state index contributed by atoms with van der Waals surface area (Å²) >= 11 is 0. The maximum atomic E-state index is 12.7. The molecule has 1 aromatic heterocycles. The molecule has 0 bridgehead atoms. The summed E-state index contributed by atoms with van der Waals surface area (Å²) in [7, 11) is 0. The Kier molecular flexibility index (Phi) is 4.54. The van der Waals surface area contributed by atoms with Crippen molar-refractivity contribution >= 4 is 11.7 Å². The highest BCUT2D eigenvalue weighted by molar-refractivity contribution is 5.90. The van der Waals surface area contributed by atoms with Crippen LogP contribution in [0.4, 0.5) is 10.5 Å². The molecule has 4 rings (SSSR count). The predicted molar refractivity (Wildman–Crippen MR) is 98.6 cm³/mol. The number of nitrogens with one attached hydrogen (secondary N) is 1. The van der Waals surface area contributed by atoms with Gasteiger partial charge in [0, 0.05) is 17.8 Å². The van der Waals surface area contributed by atoms with Crippen LogP contribution in [0.5, 0.6) is 0 Å². The number of likely N-dealkylation sites (tertiary alicyclic amines) is 1. The molecule has 0 aliphatic carbocycles. The summed E-state index contributed by atoms with van der Waals surface area (Å²) < 4.78 is 5.44. The standard InChI is InChI=1S/C20H17N5O2/c21-13-14-6-4-9-16(12-14)22-20(26)25-11-5-10-17(25)19-23-18(24-27-19)15-7-2-1-3-8-15/h1-4,6-9,12,17H,5,10-11H2,(H,22,26)/t17-/m1/s1. The van der Waals surface area contributed by atoms with Crippen LogP contribution in [0.25, 0.3) is 11.4 Å². The normalized spacial score (nSPS) is 16.1. The highest BCUT2D eigenvalue weighted by Crippen LogP contribution is 2.32. The van der Waals surface area contributed by atoms with Crippen LogP contribution < -0.4 is 5.32 Å². The topological polar surface area (TPSA) is 95.1 Å². The molecular formula is C20H17N5O2. The molecule has 0 radical (unpaired) electrons. The number of amides is 2. The van der Waals surface area contributed by atoms with E-state index in [0.29, 0.717) is 29.5 Å². The van der Waals surface area contributed by atoms with E-state index in [9.17, 15) is 4.79 Å². The van der Waals surface area contributed by atoms with Crippen molar-refractivity contribution in [2.75, 3.05) is 11.9 Å². The molecule has 3 aromatic rings. The summed E-state index contributed by atoms with van der Waals surface area (Å²) in [6, 6.07) is 18.0. The number of hydrogen-bond donors (Lipinski definition) is 1. The Morgan fingerprint density at radius 1 is 1.22 bits per heavy atom. The summed E-state index contributed by atoms with van der Waals surface area (Å²) in [5, 5.41) is 15.9. The van der Waals surface area contributed by atoms with Gasteiger partial charge in [-0.3, -0.25) is 0 Å². The number of nitrogens with zero attached hydrogens (tertiary/aromatic N) is 4. The second-order valence-electron chi connectivity index (χ2n) is 6.30. The monoisotopic (exact) mass is 359 g/mol. The lowest BCUT2D eigenvalue weighted by atomic mass is 10.2. The number of anilines is 1. The molecule has 1 fully saturated rings. The van der Waals surface area contributed by atoms with E-state index in [0.717, 1.165) is 18.4 Å². The molecule has 1 saturated heterocycles. The van der Waals surface area contributed by atoms with Gasteiger partial charge in [-0.2, -0.15) is 10.2 Å². The quantitative estimate of drug-likeness (QED) is 0.763. The van der Waals surface area contributed by atoms with Crippen LogP contribution in [0.3, 0.4) is 0 Å². The maximum Gasteiger partial charge on any atom is 0.322 e. The van der Waals surface area contributed by atoms with Gasteiger partial charge in [0.15, 0.2) is 0 Å². The lowest BCUT2D eigenvalue weighted by Gasteiger charge is -2.22. The van der Waals surface area contributed by atoms with Gasteiger partial charge < -0.3 is 14.7 Å².